The molecule has 0 saturated heterocycles. The highest BCUT2D eigenvalue weighted by Gasteiger charge is 2.20. The zero-order chi connectivity index (χ0) is 15.5. The van der Waals surface area contributed by atoms with Crippen LogP contribution in [0.25, 0.3) is 0 Å². The van der Waals surface area contributed by atoms with Crippen molar-refractivity contribution in [2.45, 2.75) is 18.7 Å². The Morgan fingerprint density at radius 2 is 1.95 bits per heavy atom. The molecule has 1 aromatic rings. The lowest BCUT2D eigenvalue weighted by Crippen LogP contribution is -2.28. The number of benzene rings is 1. The summed E-state index contributed by atoms with van der Waals surface area (Å²) in [5.41, 5.74) is 1.01. The SMILES string of the molecule is Cc1cc(C(=O)O)cc(S(=O)(=O)NCCS(C)=O)c1C. The molecular weight excluding hydrogens is 302 g/mol. The minimum Gasteiger partial charge on any atom is -0.478 e. The Morgan fingerprint density at radius 1 is 1.35 bits per heavy atom. The van der Waals surface area contributed by atoms with E-state index in [0.717, 1.165) is 6.07 Å². The van der Waals surface area contributed by atoms with Crippen LogP contribution < -0.4 is 4.72 Å². The predicted octanol–water partition coefficient (Wildman–Crippen LogP) is 0.658. The van der Waals surface area contributed by atoms with Crippen LogP contribution in [-0.2, 0) is 20.8 Å². The molecule has 1 rings (SSSR count). The molecule has 0 fully saturated rings. The lowest BCUT2D eigenvalue weighted by Gasteiger charge is -2.12. The Labute approximate surface area is 120 Å². The molecule has 0 aromatic heterocycles. The molecule has 0 aliphatic heterocycles. The summed E-state index contributed by atoms with van der Waals surface area (Å²) >= 11 is 0. The van der Waals surface area contributed by atoms with Gasteiger partial charge in [-0.2, -0.15) is 0 Å². The molecule has 0 saturated carbocycles. The van der Waals surface area contributed by atoms with E-state index in [1.54, 1.807) is 13.8 Å². The first-order chi connectivity index (χ1) is 9.15. The first-order valence-electron chi connectivity index (χ1n) is 5.79. The standard InChI is InChI=1S/C12H17NO5S2/c1-8-6-10(12(14)15)7-11(9(8)2)20(17,18)13-4-5-19(3)16/h6-7,13H,4-5H2,1-3H3,(H,14,15). The van der Waals surface area contributed by atoms with Gasteiger partial charge in [0, 0.05) is 29.4 Å². The Bertz CT molecular complexity index is 652. The van der Waals surface area contributed by atoms with E-state index in [0.29, 0.717) is 11.1 Å². The molecule has 1 aromatic carbocycles. The van der Waals surface area contributed by atoms with Crippen molar-refractivity contribution in [3.63, 3.8) is 0 Å². The molecule has 8 heteroatoms. The molecule has 1 unspecified atom stereocenters. The van der Waals surface area contributed by atoms with Crippen LogP contribution in [0, 0.1) is 13.8 Å². The van der Waals surface area contributed by atoms with Gasteiger partial charge in [0.1, 0.15) is 0 Å². The minimum atomic E-state index is -3.81. The zero-order valence-corrected chi connectivity index (χ0v) is 13.1. The largest absolute Gasteiger partial charge is 0.478 e. The van der Waals surface area contributed by atoms with Crippen molar-refractivity contribution in [1.82, 2.24) is 4.72 Å². The van der Waals surface area contributed by atoms with E-state index in [1.165, 1.54) is 12.3 Å². The number of hydrogen-bond donors (Lipinski definition) is 2. The molecule has 0 radical (unpaired) electrons. The minimum absolute atomic E-state index is 0.0429. The Hall–Kier alpha value is -1.25. The first-order valence-corrected chi connectivity index (χ1v) is 9.00. The summed E-state index contributed by atoms with van der Waals surface area (Å²) in [7, 11) is -4.91. The van der Waals surface area contributed by atoms with Crippen LogP contribution in [0.15, 0.2) is 17.0 Å². The van der Waals surface area contributed by atoms with Gasteiger partial charge < -0.3 is 5.11 Å². The van der Waals surface area contributed by atoms with Crippen LogP contribution in [0.3, 0.4) is 0 Å². The van der Waals surface area contributed by atoms with Crippen molar-refractivity contribution in [2.75, 3.05) is 18.6 Å². The normalized spacial score (nSPS) is 13.2. The fourth-order valence-electron chi connectivity index (χ4n) is 1.63. The lowest BCUT2D eigenvalue weighted by molar-refractivity contribution is 0.0696. The summed E-state index contributed by atoms with van der Waals surface area (Å²) in [6.07, 6.45) is 1.48. The monoisotopic (exact) mass is 319 g/mol. The number of carbonyl (C=O) groups is 1. The van der Waals surface area contributed by atoms with Crippen LogP contribution >= 0.6 is 0 Å². The van der Waals surface area contributed by atoms with Gasteiger partial charge in [0.25, 0.3) is 0 Å². The third-order valence-corrected chi connectivity index (χ3v) is 5.20. The molecule has 0 heterocycles. The van der Waals surface area contributed by atoms with E-state index in [2.05, 4.69) is 4.72 Å². The molecule has 6 nitrogen and oxygen atoms in total. The number of aromatic carboxylic acids is 1. The fourth-order valence-corrected chi connectivity index (χ4v) is 3.52. The fraction of sp³-hybridized carbons (Fsp3) is 0.417. The van der Waals surface area contributed by atoms with Gasteiger partial charge in [-0.05, 0) is 37.1 Å². The number of nitrogens with one attached hydrogen (secondary N) is 1. The van der Waals surface area contributed by atoms with E-state index in [1.807, 2.05) is 0 Å². The van der Waals surface area contributed by atoms with Crippen molar-refractivity contribution < 1.29 is 22.5 Å². The summed E-state index contributed by atoms with van der Waals surface area (Å²) in [6.45, 7) is 3.32. The van der Waals surface area contributed by atoms with Crippen LogP contribution in [-0.4, -0.2) is 42.3 Å². The Kier molecular flexibility index (Phi) is 5.43. The van der Waals surface area contributed by atoms with Crippen LogP contribution in [0.2, 0.25) is 0 Å². The Balaban J connectivity index is 3.17. The summed E-state index contributed by atoms with van der Waals surface area (Å²) < 4.78 is 37.6. The van der Waals surface area contributed by atoms with E-state index in [9.17, 15) is 17.4 Å². The van der Waals surface area contributed by atoms with Gasteiger partial charge in [0.05, 0.1) is 10.5 Å². The molecule has 0 aliphatic rings. The quantitative estimate of drug-likeness (QED) is 0.802. The number of rotatable bonds is 6. The topological polar surface area (TPSA) is 101 Å². The summed E-state index contributed by atoms with van der Waals surface area (Å²) in [5, 5.41) is 8.98. The lowest BCUT2D eigenvalue weighted by atomic mass is 10.1. The summed E-state index contributed by atoms with van der Waals surface area (Å²) in [5.74, 6) is -0.977. The third-order valence-electron chi connectivity index (χ3n) is 2.84. The molecule has 20 heavy (non-hydrogen) atoms. The van der Waals surface area contributed by atoms with Gasteiger partial charge in [-0.15, -0.1) is 0 Å². The molecule has 1 atom stereocenters. The van der Waals surface area contributed by atoms with Crippen molar-refractivity contribution >= 4 is 26.8 Å². The molecule has 2 N–H and O–H groups in total. The second-order valence-electron chi connectivity index (χ2n) is 4.40. The summed E-state index contributed by atoms with van der Waals surface area (Å²) in [4.78, 5) is 10.9. The highest BCUT2D eigenvalue weighted by Crippen LogP contribution is 2.21. The van der Waals surface area contributed by atoms with E-state index in [-0.39, 0.29) is 22.8 Å². The molecule has 0 bridgehead atoms. The van der Waals surface area contributed by atoms with Crippen molar-refractivity contribution in [3.05, 3.63) is 28.8 Å². The second-order valence-corrected chi connectivity index (χ2v) is 7.69. The maximum absolute atomic E-state index is 12.2. The van der Waals surface area contributed by atoms with Gasteiger partial charge in [-0.1, -0.05) is 0 Å². The van der Waals surface area contributed by atoms with Crippen molar-refractivity contribution in [2.24, 2.45) is 0 Å². The maximum atomic E-state index is 12.2. The van der Waals surface area contributed by atoms with Crippen molar-refractivity contribution in [1.29, 1.82) is 0 Å². The number of aryl methyl sites for hydroxylation is 1. The predicted molar refractivity (Wildman–Crippen MR) is 77.0 cm³/mol. The summed E-state index contributed by atoms with van der Waals surface area (Å²) in [6, 6.07) is 2.56. The molecule has 112 valence electrons. The van der Waals surface area contributed by atoms with Crippen LogP contribution in [0.5, 0.6) is 0 Å². The number of hydrogen-bond acceptors (Lipinski definition) is 4. The van der Waals surface area contributed by atoms with Crippen LogP contribution in [0.1, 0.15) is 21.5 Å². The second kappa shape index (κ2) is 6.47. The van der Waals surface area contributed by atoms with Gasteiger partial charge in [-0.25, -0.2) is 17.9 Å². The first kappa shape index (κ1) is 16.8. The van der Waals surface area contributed by atoms with Gasteiger partial charge in [0.2, 0.25) is 10.0 Å². The Morgan fingerprint density at radius 3 is 2.45 bits per heavy atom. The average molecular weight is 319 g/mol. The van der Waals surface area contributed by atoms with Crippen molar-refractivity contribution in [3.8, 4) is 0 Å². The third kappa shape index (κ3) is 4.12. The van der Waals surface area contributed by atoms with Gasteiger partial charge >= 0.3 is 5.97 Å². The van der Waals surface area contributed by atoms with E-state index < -0.39 is 26.8 Å². The number of sulfonamides is 1. The maximum Gasteiger partial charge on any atom is 0.335 e. The molecular formula is C12H17NO5S2. The highest BCUT2D eigenvalue weighted by molar-refractivity contribution is 7.89. The zero-order valence-electron chi connectivity index (χ0n) is 11.5. The van der Waals surface area contributed by atoms with E-state index >= 15 is 0 Å². The van der Waals surface area contributed by atoms with E-state index in [4.69, 9.17) is 5.11 Å². The average Bonchev–Trinajstić information content (AvgIpc) is 2.31. The molecule has 0 aliphatic carbocycles. The molecule has 0 spiro atoms. The number of carboxylic acids is 1. The van der Waals surface area contributed by atoms with Gasteiger partial charge in [-0.3, -0.25) is 4.21 Å². The molecule has 0 amide bonds. The highest BCUT2D eigenvalue weighted by atomic mass is 32.2. The smallest absolute Gasteiger partial charge is 0.335 e. The van der Waals surface area contributed by atoms with Crippen LogP contribution in [0.4, 0.5) is 0 Å². The number of carboxylic acid groups (broad SMARTS) is 1. The van der Waals surface area contributed by atoms with Gasteiger partial charge in [0.15, 0.2) is 0 Å².